The van der Waals surface area contributed by atoms with Crippen LogP contribution in [0.25, 0.3) is 16.9 Å². The van der Waals surface area contributed by atoms with Crippen molar-refractivity contribution in [3.05, 3.63) is 36.5 Å². The number of para-hydroxylation sites is 1. The van der Waals surface area contributed by atoms with Gasteiger partial charge in [-0.3, -0.25) is 0 Å². The Morgan fingerprint density at radius 1 is 1.18 bits per heavy atom. The first kappa shape index (κ1) is 10.2. The zero-order valence-corrected chi connectivity index (χ0v) is 9.92. The van der Waals surface area contributed by atoms with E-state index in [9.17, 15) is 0 Å². The highest BCUT2D eigenvalue weighted by molar-refractivity contribution is 7.98. The van der Waals surface area contributed by atoms with E-state index in [4.69, 9.17) is 0 Å². The maximum atomic E-state index is 4.40. The highest BCUT2D eigenvalue weighted by Gasteiger charge is 2.07. The molecule has 0 saturated carbocycles. The Labute approximate surface area is 102 Å². The molecule has 2 heterocycles. The number of hydrogen-bond acceptors (Lipinski definition) is 5. The number of rotatable bonds is 2. The lowest BCUT2D eigenvalue weighted by Crippen LogP contribution is -2.01. The first-order valence-corrected chi connectivity index (χ1v) is 6.29. The van der Waals surface area contributed by atoms with Crippen LogP contribution in [0.4, 0.5) is 0 Å². The van der Waals surface area contributed by atoms with Gasteiger partial charge in [0.1, 0.15) is 5.52 Å². The molecule has 0 atom stereocenters. The number of thioether (sulfide) groups is 1. The Balaban J connectivity index is 2.20. The maximum Gasteiger partial charge on any atom is 0.189 e. The predicted octanol–water partition coefficient (Wildman–Crippen LogP) is 1.93. The van der Waals surface area contributed by atoms with Gasteiger partial charge in [0, 0.05) is 12.3 Å². The van der Waals surface area contributed by atoms with E-state index in [0.717, 1.165) is 22.0 Å². The van der Waals surface area contributed by atoms with Crippen LogP contribution in [-0.4, -0.2) is 31.2 Å². The van der Waals surface area contributed by atoms with Crippen molar-refractivity contribution in [2.75, 3.05) is 6.26 Å². The first-order chi connectivity index (χ1) is 8.38. The molecule has 3 rings (SSSR count). The molecule has 0 fully saturated rings. The first-order valence-electron chi connectivity index (χ1n) is 5.06. The van der Waals surface area contributed by atoms with Crippen LogP contribution >= 0.6 is 11.8 Å². The summed E-state index contributed by atoms with van der Waals surface area (Å²) >= 11 is 1.50. The molecule has 5 nitrogen and oxygen atoms in total. The fraction of sp³-hybridized carbons (Fsp3) is 0.0909. The summed E-state index contributed by atoms with van der Waals surface area (Å²) < 4.78 is 1.72. The monoisotopic (exact) mass is 243 g/mol. The largest absolute Gasteiger partial charge is 0.231 e. The molecule has 84 valence electrons. The van der Waals surface area contributed by atoms with Crippen molar-refractivity contribution in [3.8, 4) is 5.82 Å². The van der Waals surface area contributed by atoms with Gasteiger partial charge >= 0.3 is 0 Å². The van der Waals surface area contributed by atoms with Crippen LogP contribution in [0.2, 0.25) is 0 Å². The van der Waals surface area contributed by atoms with Crippen LogP contribution < -0.4 is 0 Å². The Hall–Kier alpha value is -1.95. The second-order valence-electron chi connectivity index (χ2n) is 3.39. The van der Waals surface area contributed by atoms with Crippen LogP contribution in [0, 0.1) is 0 Å². The minimum absolute atomic E-state index is 0.724. The smallest absolute Gasteiger partial charge is 0.189 e. The molecule has 17 heavy (non-hydrogen) atoms. The van der Waals surface area contributed by atoms with E-state index in [1.54, 1.807) is 10.9 Å². The van der Waals surface area contributed by atoms with E-state index in [0.29, 0.717) is 0 Å². The Bertz CT molecular complexity index is 664. The fourth-order valence-corrected chi connectivity index (χ4v) is 1.94. The number of fused-ring (bicyclic) bond motifs is 1. The third-order valence-corrected chi connectivity index (χ3v) is 2.93. The average molecular weight is 243 g/mol. The third kappa shape index (κ3) is 1.76. The quantitative estimate of drug-likeness (QED) is 0.508. The molecule has 6 heteroatoms. The summed E-state index contributed by atoms with van der Waals surface area (Å²) in [5.74, 6) is 0.734. The second-order valence-corrected chi connectivity index (χ2v) is 4.16. The molecular formula is C11H9N5S. The topological polar surface area (TPSA) is 56.5 Å². The van der Waals surface area contributed by atoms with Crippen molar-refractivity contribution in [3.63, 3.8) is 0 Å². The summed E-state index contributed by atoms with van der Waals surface area (Å²) in [5.41, 5.74) is 1.80. The van der Waals surface area contributed by atoms with Gasteiger partial charge in [-0.05, 0) is 18.4 Å². The Morgan fingerprint density at radius 2 is 2.06 bits per heavy atom. The van der Waals surface area contributed by atoms with E-state index >= 15 is 0 Å². The Morgan fingerprint density at radius 3 is 2.94 bits per heavy atom. The standard InChI is InChI=1S/C11H9N5S/c1-17-11-12-7-6-10(13-11)16-9-5-3-2-4-8(9)14-15-16/h2-7H,1H3. The van der Waals surface area contributed by atoms with Crippen LogP contribution in [0.15, 0.2) is 41.7 Å². The Kier molecular flexibility index (Phi) is 2.49. The van der Waals surface area contributed by atoms with Gasteiger partial charge in [-0.25, -0.2) is 9.97 Å². The molecule has 2 aromatic heterocycles. The zero-order chi connectivity index (χ0) is 11.7. The summed E-state index contributed by atoms with van der Waals surface area (Å²) in [6.45, 7) is 0. The summed E-state index contributed by atoms with van der Waals surface area (Å²) in [5, 5.41) is 8.93. The maximum absolute atomic E-state index is 4.40. The van der Waals surface area contributed by atoms with Gasteiger partial charge in [0.2, 0.25) is 0 Å². The molecule has 0 aliphatic heterocycles. The van der Waals surface area contributed by atoms with E-state index in [1.807, 2.05) is 36.6 Å². The van der Waals surface area contributed by atoms with Crippen LogP contribution in [-0.2, 0) is 0 Å². The predicted molar refractivity (Wildman–Crippen MR) is 66.2 cm³/mol. The third-order valence-electron chi connectivity index (χ3n) is 2.37. The van der Waals surface area contributed by atoms with E-state index in [-0.39, 0.29) is 0 Å². The zero-order valence-electron chi connectivity index (χ0n) is 9.11. The van der Waals surface area contributed by atoms with Crippen molar-refractivity contribution >= 4 is 22.8 Å². The molecule has 0 unspecified atom stereocenters. The minimum Gasteiger partial charge on any atom is -0.231 e. The van der Waals surface area contributed by atoms with Gasteiger partial charge in [0.25, 0.3) is 0 Å². The molecule has 3 aromatic rings. The molecule has 0 N–H and O–H groups in total. The number of benzene rings is 1. The van der Waals surface area contributed by atoms with Crippen molar-refractivity contribution in [2.45, 2.75) is 5.16 Å². The van der Waals surface area contributed by atoms with E-state index < -0.39 is 0 Å². The van der Waals surface area contributed by atoms with E-state index in [2.05, 4.69) is 20.3 Å². The second kappa shape index (κ2) is 4.14. The lowest BCUT2D eigenvalue weighted by Gasteiger charge is -2.01. The fourth-order valence-electron chi connectivity index (χ4n) is 1.59. The van der Waals surface area contributed by atoms with Gasteiger partial charge in [0.15, 0.2) is 11.0 Å². The molecule has 0 bridgehead atoms. The lowest BCUT2D eigenvalue weighted by atomic mass is 10.3. The van der Waals surface area contributed by atoms with Crippen molar-refractivity contribution in [1.82, 2.24) is 25.0 Å². The summed E-state index contributed by atoms with van der Waals surface area (Å²) in [6, 6.07) is 9.61. The number of aromatic nitrogens is 5. The highest BCUT2D eigenvalue weighted by atomic mass is 32.2. The lowest BCUT2D eigenvalue weighted by molar-refractivity contribution is 0.777. The van der Waals surface area contributed by atoms with Crippen LogP contribution in [0.5, 0.6) is 0 Å². The van der Waals surface area contributed by atoms with Gasteiger partial charge in [-0.15, -0.1) is 5.10 Å². The van der Waals surface area contributed by atoms with Crippen LogP contribution in [0.3, 0.4) is 0 Å². The molecule has 0 spiro atoms. The minimum atomic E-state index is 0.724. The average Bonchev–Trinajstić information content (AvgIpc) is 2.82. The molecule has 0 radical (unpaired) electrons. The number of nitrogens with zero attached hydrogens (tertiary/aromatic N) is 5. The molecule has 1 aromatic carbocycles. The molecule has 0 aliphatic carbocycles. The highest BCUT2D eigenvalue weighted by Crippen LogP contribution is 2.15. The summed E-state index contributed by atoms with van der Waals surface area (Å²) in [6.07, 6.45) is 3.67. The van der Waals surface area contributed by atoms with Gasteiger partial charge in [-0.1, -0.05) is 29.1 Å². The van der Waals surface area contributed by atoms with Crippen LogP contribution in [0.1, 0.15) is 0 Å². The van der Waals surface area contributed by atoms with Crippen molar-refractivity contribution in [1.29, 1.82) is 0 Å². The normalized spacial score (nSPS) is 10.9. The summed E-state index contributed by atoms with van der Waals surface area (Å²) in [4.78, 5) is 8.53. The van der Waals surface area contributed by atoms with E-state index in [1.165, 1.54) is 11.8 Å². The molecular weight excluding hydrogens is 234 g/mol. The molecule has 0 aliphatic rings. The van der Waals surface area contributed by atoms with Gasteiger partial charge in [-0.2, -0.15) is 4.68 Å². The molecule has 0 amide bonds. The van der Waals surface area contributed by atoms with Gasteiger partial charge < -0.3 is 0 Å². The SMILES string of the molecule is CSc1nccc(-n2nnc3ccccc32)n1. The summed E-state index contributed by atoms with van der Waals surface area (Å²) in [7, 11) is 0. The van der Waals surface area contributed by atoms with Gasteiger partial charge in [0.05, 0.1) is 5.52 Å². The van der Waals surface area contributed by atoms with Crippen molar-refractivity contribution < 1.29 is 0 Å². The number of hydrogen-bond donors (Lipinski definition) is 0. The molecule has 0 saturated heterocycles. The van der Waals surface area contributed by atoms with Crippen molar-refractivity contribution in [2.24, 2.45) is 0 Å².